The molecule has 1 aromatic heterocycles. The Labute approximate surface area is 132 Å². The molecule has 118 valence electrons. The first-order valence-electron chi connectivity index (χ1n) is 7.36. The van der Waals surface area contributed by atoms with Crippen molar-refractivity contribution >= 4 is 11.7 Å². The molecule has 7 heteroatoms. The van der Waals surface area contributed by atoms with Crippen molar-refractivity contribution in [1.29, 1.82) is 5.26 Å². The Balaban J connectivity index is 1.74. The standard InChI is InChI=1S/C16H16FN5O/c17-16(5-2-6-19-10-16)15(23)21-14-9-22(11-20-14)13-4-1-3-12(7-13)8-18/h1,3-4,7,9,11,19H,2,5-6,10H2,(H,21,23)/t16-/m1/s1. The van der Waals surface area contributed by atoms with E-state index in [9.17, 15) is 9.18 Å². The van der Waals surface area contributed by atoms with Crippen molar-refractivity contribution in [2.45, 2.75) is 18.5 Å². The van der Waals surface area contributed by atoms with Crippen molar-refractivity contribution in [3.63, 3.8) is 0 Å². The summed E-state index contributed by atoms with van der Waals surface area (Å²) in [7, 11) is 0. The predicted molar refractivity (Wildman–Crippen MR) is 82.9 cm³/mol. The number of hydrogen-bond donors (Lipinski definition) is 2. The predicted octanol–water partition coefficient (Wildman–Crippen LogP) is 1.77. The fourth-order valence-corrected chi connectivity index (χ4v) is 2.56. The quantitative estimate of drug-likeness (QED) is 0.905. The number of halogens is 1. The van der Waals surface area contributed by atoms with Gasteiger partial charge in [-0.15, -0.1) is 0 Å². The van der Waals surface area contributed by atoms with Gasteiger partial charge in [0.2, 0.25) is 5.67 Å². The van der Waals surface area contributed by atoms with E-state index >= 15 is 0 Å². The van der Waals surface area contributed by atoms with Crippen LogP contribution in [-0.4, -0.2) is 34.2 Å². The largest absolute Gasteiger partial charge is 0.313 e. The van der Waals surface area contributed by atoms with Crippen LogP contribution < -0.4 is 10.6 Å². The number of anilines is 1. The van der Waals surface area contributed by atoms with Crippen molar-refractivity contribution in [1.82, 2.24) is 14.9 Å². The van der Waals surface area contributed by atoms with E-state index in [0.717, 1.165) is 12.2 Å². The molecule has 0 bridgehead atoms. The molecule has 1 aliphatic rings. The third-order valence-electron chi connectivity index (χ3n) is 3.84. The lowest BCUT2D eigenvalue weighted by atomic mass is 9.95. The Hall–Kier alpha value is -2.72. The monoisotopic (exact) mass is 313 g/mol. The maximum absolute atomic E-state index is 14.5. The van der Waals surface area contributed by atoms with Gasteiger partial charge in [-0.2, -0.15) is 5.26 Å². The van der Waals surface area contributed by atoms with Gasteiger partial charge in [-0.1, -0.05) is 6.07 Å². The minimum atomic E-state index is -1.90. The van der Waals surface area contributed by atoms with Gasteiger partial charge in [0.1, 0.15) is 6.33 Å². The molecule has 1 atom stereocenters. The highest BCUT2D eigenvalue weighted by atomic mass is 19.1. The van der Waals surface area contributed by atoms with Gasteiger partial charge in [0.25, 0.3) is 5.91 Å². The summed E-state index contributed by atoms with van der Waals surface area (Å²) in [5.41, 5.74) is -0.632. The van der Waals surface area contributed by atoms with Gasteiger partial charge in [0.15, 0.2) is 5.82 Å². The number of nitrogens with zero attached hydrogens (tertiary/aromatic N) is 3. The van der Waals surface area contributed by atoms with Crippen LogP contribution in [0.2, 0.25) is 0 Å². The average molecular weight is 313 g/mol. The van der Waals surface area contributed by atoms with Crippen molar-refractivity contribution in [2.75, 3.05) is 18.4 Å². The van der Waals surface area contributed by atoms with Crippen LogP contribution in [0.5, 0.6) is 0 Å². The number of nitrogens with one attached hydrogen (secondary N) is 2. The molecule has 2 N–H and O–H groups in total. The van der Waals surface area contributed by atoms with Crippen LogP contribution in [0, 0.1) is 11.3 Å². The smallest absolute Gasteiger partial charge is 0.264 e. The number of carbonyl (C=O) groups excluding carboxylic acids is 1. The Bertz CT molecular complexity index is 758. The lowest BCUT2D eigenvalue weighted by Crippen LogP contribution is -2.50. The Morgan fingerprint density at radius 2 is 2.39 bits per heavy atom. The molecule has 3 rings (SSSR count). The number of aromatic nitrogens is 2. The molecule has 1 amide bonds. The summed E-state index contributed by atoms with van der Waals surface area (Å²) in [5, 5.41) is 14.3. The normalized spacial score (nSPS) is 20.7. The van der Waals surface area contributed by atoms with Gasteiger partial charge in [0.05, 0.1) is 17.8 Å². The lowest BCUT2D eigenvalue weighted by Gasteiger charge is -2.28. The Morgan fingerprint density at radius 3 is 3.13 bits per heavy atom. The highest BCUT2D eigenvalue weighted by Gasteiger charge is 2.40. The molecule has 0 radical (unpaired) electrons. The number of benzene rings is 1. The van der Waals surface area contributed by atoms with E-state index in [1.807, 2.05) is 6.07 Å². The van der Waals surface area contributed by atoms with Gasteiger partial charge in [-0.05, 0) is 37.6 Å². The van der Waals surface area contributed by atoms with E-state index in [0.29, 0.717) is 12.0 Å². The number of amides is 1. The van der Waals surface area contributed by atoms with Gasteiger partial charge >= 0.3 is 0 Å². The zero-order valence-corrected chi connectivity index (χ0v) is 12.4. The summed E-state index contributed by atoms with van der Waals surface area (Å²) in [5.74, 6) is -0.402. The van der Waals surface area contributed by atoms with Crippen molar-refractivity contribution in [3.05, 3.63) is 42.4 Å². The average Bonchev–Trinajstić information content (AvgIpc) is 3.04. The van der Waals surface area contributed by atoms with Crippen molar-refractivity contribution < 1.29 is 9.18 Å². The Morgan fingerprint density at radius 1 is 1.52 bits per heavy atom. The minimum absolute atomic E-state index is 0.0176. The molecular weight excluding hydrogens is 297 g/mol. The van der Waals surface area contributed by atoms with Crippen LogP contribution in [-0.2, 0) is 4.79 Å². The molecule has 2 heterocycles. The molecule has 0 unspecified atom stereocenters. The van der Waals surface area contributed by atoms with Crippen LogP contribution in [0.15, 0.2) is 36.8 Å². The van der Waals surface area contributed by atoms with Crippen LogP contribution in [0.25, 0.3) is 5.69 Å². The molecule has 0 saturated carbocycles. The molecule has 1 saturated heterocycles. The number of hydrogen-bond acceptors (Lipinski definition) is 4. The van der Waals surface area contributed by atoms with Gasteiger partial charge < -0.3 is 15.2 Å². The zero-order valence-electron chi connectivity index (χ0n) is 12.4. The maximum Gasteiger partial charge on any atom is 0.264 e. The minimum Gasteiger partial charge on any atom is -0.313 e. The number of alkyl halides is 1. The van der Waals surface area contributed by atoms with Crippen molar-refractivity contribution in [2.24, 2.45) is 0 Å². The first-order chi connectivity index (χ1) is 11.1. The second kappa shape index (κ2) is 6.18. The SMILES string of the molecule is N#Cc1cccc(-n2cnc(NC(=O)[C@@]3(F)CCCNC3)c2)c1. The topological polar surface area (TPSA) is 82.7 Å². The lowest BCUT2D eigenvalue weighted by molar-refractivity contribution is -0.128. The van der Waals surface area contributed by atoms with E-state index < -0.39 is 11.6 Å². The van der Waals surface area contributed by atoms with E-state index in [-0.39, 0.29) is 18.8 Å². The van der Waals surface area contributed by atoms with Crippen LogP contribution >= 0.6 is 0 Å². The molecular formula is C16H16FN5O. The summed E-state index contributed by atoms with van der Waals surface area (Å²) in [6.07, 6.45) is 3.93. The third-order valence-corrected chi connectivity index (χ3v) is 3.84. The number of nitriles is 1. The molecule has 1 fully saturated rings. The second-order valence-corrected chi connectivity index (χ2v) is 5.53. The highest BCUT2D eigenvalue weighted by Crippen LogP contribution is 2.23. The molecule has 2 aromatic rings. The zero-order chi connectivity index (χ0) is 16.3. The van der Waals surface area contributed by atoms with Gasteiger partial charge in [-0.3, -0.25) is 4.79 Å². The third kappa shape index (κ3) is 3.22. The van der Waals surface area contributed by atoms with E-state index in [2.05, 4.69) is 21.7 Å². The van der Waals surface area contributed by atoms with Crippen LogP contribution in [0.3, 0.4) is 0 Å². The number of piperidine rings is 1. The number of carbonyl (C=O) groups is 1. The Kier molecular flexibility index (Phi) is 4.08. The summed E-state index contributed by atoms with van der Waals surface area (Å²) in [4.78, 5) is 16.2. The second-order valence-electron chi connectivity index (χ2n) is 5.53. The van der Waals surface area contributed by atoms with Crippen LogP contribution in [0.4, 0.5) is 10.2 Å². The molecule has 0 spiro atoms. The fourth-order valence-electron chi connectivity index (χ4n) is 2.56. The summed E-state index contributed by atoms with van der Waals surface area (Å²) < 4.78 is 16.2. The van der Waals surface area contributed by atoms with Crippen LogP contribution in [0.1, 0.15) is 18.4 Å². The molecule has 23 heavy (non-hydrogen) atoms. The van der Waals surface area contributed by atoms with E-state index in [1.54, 1.807) is 29.0 Å². The fraction of sp³-hybridized carbons (Fsp3) is 0.312. The first kappa shape index (κ1) is 15.2. The maximum atomic E-state index is 14.5. The molecule has 6 nitrogen and oxygen atoms in total. The van der Waals surface area contributed by atoms with E-state index in [4.69, 9.17) is 5.26 Å². The molecule has 1 aliphatic heterocycles. The van der Waals surface area contributed by atoms with Crippen molar-refractivity contribution in [3.8, 4) is 11.8 Å². The van der Waals surface area contributed by atoms with Gasteiger partial charge in [-0.25, -0.2) is 9.37 Å². The number of imidazole rings is 1. The highest BCUT2D eigenvalue weighted by molar-refractivity contribution is 5.96. The molecule has 1 aromatic carbocycles. The number of rotatable bonds is 3. The summed E-state index contributed by atoms with van der Waals surface area (Å²) in [6, 6.07) is 9.04. The van der Waals surface area contributed by atoms with E-state index in [1.165, 1.54) is 6.33 Å². The summed E-state index contributed by atoms with van der Waals surface area (Å²) >= 11 is 0. The van der Waals surface area contributed by atoms with Gasteiger partial charge in [0, 0.05) is 12.2 Å². The molecule has 0 aliphatic carbocycles. The summed E-state index contributed by atoms with van der Waals surface area (Å²) in [6.45, 7) is 0.743. The first-order valence-corrected chi connectivity index (χ1v) is 7.36.